The van der Waals surface area contributed by atoms with Crippen LogP contribution >= 0.6 is 0 Å². The molecule has 0 saturated carbocycles. The molecular formula is C27H27GeNO. The van der Waals surface area contributed by atoms with Gasteiger partial charge in [-0.1, -0.05) is 0 Å². The predicted molar refractivity (Wildman–Crippen MR) is 132 cm³/mol. The van der Waals surface area contributed by atoms with Crippen LogP contribution in [-0.2, 0) is 0 Å². The Kier molecular flexibility index (Phi) is 4.51. The fraction of sp³-hybridized carbons (Fsp3) is 0.222. The van der Waals surface area contributed by atoms with Crippen LogP contribution in [-0.4, -0.2) is 18.3 Å². The van der Waals surface area contributed by atoms with Gasteiger partial charge in [0.2, 0.25) is 0 Å². The number of aromatic nitrogens is 1. The number of nitrogens with zero attached hydrogens (tertiary/aromatic N) is 1. The van der Waals surface area contributed by atoms with E-state index in [2.05, 4.69) is 85.7 Å². The van der Waals surface area contributed by atoms with Crippen molar-refractivity contribution in [1.82, 2.24) is 4.98 Å². The number of hydrogen-bond acceptors (Lipinski definition) is 2. The van der Waals surface area contributed by atoms with Crippen LogP contribution in [0.4, 0.5) is 0 Å². The number of benzene rings is 3. The molecule has 30 heavy (non-hydrogen) atoms. The summed E-state index contributed by atoms with van der Waals surface area (Å²) in [5.41, 5.74) is 5.51. The van der Waals surface area contributed by atoms with E-state index in [9.17, 15) is 0 Å². The van der Waals surface area contributed by atoms with Crippen LogP contribution in [0.3, 0.4) is 0 Å². The Morgan fingerprint density at radius 1 is 0.867 bits per heavy atom. The number of hydrogen-bond donors (Lipinski definition) is 0. The quantitative estimate of drug-likeness (QED) is 0.265. The van der Waals surface area contributed by atoms with Gasteiger partial charge in [0.25, 0.3) is 0 Å². The molecule has 2 aromatic heterocycles. The van der Waals surface area contributed by atoms with E-state index in [1.807, 2.05) is 12.3 Å². The van der Waals surface area contributed by atoms with E-state index in [0.717, 1.165) is 27.8 Å². The van der Waals surface area contributed by atoms with E-state index < -0.39 is 13.3 Å². The van der Waals surface area contributed by atoms with Crippen molar-refractivity contribution < 1.29 is 4.42 Å². The van der Waals surface area contributed by atoms with Gasteiger partial charge in [-0.3, -0.25) is 0 Å². The Morgan fingerprint density at radius 2 is 1.63 bits per heavy atom. The molecule has 2 nitrogen and oxygen atoms in total. The van der Waals surface area contributed by atoms with Crippen molar-refractivity contribution in [3.63, 3.8) is 0 Å². The van der Waals surface area contributed by atoms with Crippen LogP contribution in [0.5, 0.6) is 0 Å². The summed E-state index contributed by atoms with van der Waals surface area (Å²) in [6, 6.07) is 21.9. The number of furan rings is 1. The second-order valence-corrected chi connectivity index (χ2v) is 20.1. The number of rotatable bonds is 3. The summed E-state index contributed by atoms with van der Waals surface area (Å²) < 4.78 is 7.86. The molecule has 0 spiro atoms. The van der Waals surface area contributed by atoms with Gasteiger partial charge in [0.15, 0.2) is 0 Å². The molecule has 0 aliphatic carbocycles. The molecule has 150 valence electrons. The van der Waals surface area contributed by atoms with Crippen molar-refractivity contribution in [3.8, 4) is 11.3 Å². The summed E-state index contributed by atoms with van der Waals surface area (Å²) in [4.78, 5) is 4.85. The van der Waals surface area contributed by atoms with Crippen LogP contribution in [0.1, 0.15) is 25.3 Å². The van der Waals surface area contributed by atoms with Crippen LogP contribution < -0.4 is 4.40 Å². The first kappa shape index (κ1) is 19.4. The SMILES string of the molecule is CC(C)c1cc(-c2nccc3oc4[c]([Ge]([CH3])([CH3])[CH3])cccc4c23)cc2ccccc12. The van der Waals surface area contributed by atoms with Crippen LogP contribution in [0.15, 0.2) is 71.3 Å². The molecule has 0 bridgehead atoms. The first-order chi connectivity index (χ1) is 14.3. The molecule has 0 unspecified atom stereocenters. The minimum absolute atomic E-state index is 0.441. The van der Waals surface area contributed by atoms with Crippen molar-refractivity contribution >= 4 is 50.4 Å². The van der Waals surface area contributed by atoms with Crippen molar-refractivity contribution in [2.24, 2.45) is 0 Å². The predicted octanol–water partition coefficient (Wildman–Crippen LogP) is 7.47. The first-order valence-electron chi connectivity index (χ1n) is 10.7. The van der Waals surface area contributed by atoms with E-state index >= 15 is 0 Å². The molecule has 0 aliphatic heterocycles. The second-order valence-electron chi connectivity index (χ2n) is 9.51. The van der Waals surface area contributed by atoms with E-state index in [-0.39, 0.29) is 0 Å². The number of para-hydroxylation sites is 1. The molecular weight excluding hydrogens is 427 g/mol. The van der Waals surface area contributed by atoms with Crippen LogP contribution in [0.25, 0.3) is 44.0 Å². The van der Waals surface area contributed by atoms with Crippen molar-refractivity contribution in [2.45, 2.75) is 37.0 Å². The van der Waals surface area contributed by atoms with E-state index in [1.54, 1.807) is 0 Å². The fourth-order valence-electron chi connectivity index (χ4n) is 4.51. The summed E-state index contributed by atoms with van der Waals surface area (Å²) in [7, 11) is 0. The summed E-state index contributed by atoms with van der Waals surface area (Å²) in [6.45, 7) is 4.52. The summed E-state index contributed by atoms with van der Waals surface area (Å²) in [6.07, 6.45) is 1.88. The zero-order valence-corrected chi connectivity index (χ0v) is 20.4. The maximum absolute atomic E-state index is 6.44. The van der Waals surface area contributed by atoms with Crippen molar-refractivity contribution in [3.05, 3.63) is 72.4 Å². The van der Waals surface area contributed by atoms with Gasteiger partial charge in [-0.05, 0) is 0 Å². The van der Waals surface area contributed by atoms with Crippen molar-refractivity contribution in [1.29, 1.82) is 0 Å². The zero-order valence-electron chi connectivity index (χ0n) is 18.3. The molecule has 5 rings (SSSR count). The third kappa shape index (κ3) is 3.05. The Balaban J connectivity index is 1.86. The third-order valence-electron chi connectivity index (χ3n) is 6.01. The van der Waals surface area contributed by atoms with Crippen LogP contribution in [0, 0.1) is 0 Å². The van der Waals surface area contributed by atoms with Gasteiger partial charge in [0.1, 0.15) is 0 Å². The van der Waals surface area contributed by atoms with E-state index in [0.29, 0.717) is 5.92 Å². The average Bonchev–Trinajstić information content (AvgIpc) is 3.10. The van der Waals surface area contributed by atoms with Gasteiger partial charge < -0.3 is 0 Å². The molecule has 5 aromatic rings. The zero-order chi connectivity index (χ0) is 21.0. The molecule has 0 atom stereocenters. The Morgan fingerprint density at radius 3 is 2.40 bits per heavy atom. The van der Waals surface area contributed by atoms with E-state index in [1.165, 1.54) is 26.1 Å². The molecule has 0 radical (unpaired) electrons. The molecule has 0 amide bonds. The number of fused-ring (bicyclic) bond motifs is 4. The van der Waals surface area contributed by atoms with Gasteiger partial charge in [-0.15, -0.1) is 0 Å². The van der Waals surface area contributed by atoms with Crippen molar-refractivity contribution in [2.75, 3.05) is 0 Å². The maximum atomic E-state index is 6.44. The Hall–Kier alpha value is -2.59. The molecule has 2 heterocycles. The molecule has 3 aromatic carbocycles. The number of pyridine rings is 1. The minimum atomic E-state index is -2.07. The van der Waals surface area contributed by atoms with Gasteiger partial charge in [-0.2, -0.15) is 0 Å². The van der Waals surface area contributed by atoms with Gasteiger partial charge in [0, 0.05) is 0 Å². The average molecular weight is 454 g/mol. The third-order valence-corrected chi connectivity index (χ3v) is 10.2. The standard InChI is InChI=1S/C27H27GeNO/c1-17(2)22-16-19(15-18-9-6-7-10-20(18)22)26-25-21-11-8-12-23(28(3,4)5)27(21)30-24(25)13-14-29-26/h6-17H,1-5H3. The molecule has 0 fully saturated rings. The van der Waals surface area contributed by atoms with Crippen LogP contribution in [0.2, 0.25) is 17.3 Å². The molecule has 3 heteroatoms. The van der Waals surface area contributed by atoms with Gasteiger partial charge in [-0.25, -0.2) is 0 Å². The molecule has 0 N–H and O–H groups in total. The first-order valence-corrected chi connectivity index (χ1v) is 18.0. The fourth-order valence-corrected chi connectivity index (χ4v) is 7.58. The van der Waals surface area contributed by atoms with Gasteiger partial charge >= 0.3 is 180 Å². The van der Waals surface area contributed by atoms with Gasteiger partial charge in [0.05, 0.1) is 0 Å². The summed E-state index contributed by atoms with van der Waals surface area (Å²) >= 11 is -2.07. The summed E-state index contributed by atoms with van der Waals surface area (Å²) in [5.74, 6) is 7.69. The molecule has 0 aliphatic rings. The summed E-state index contributed by atoms with van der Waals surface area (Å²) in [5, 5.41) is 4.90. The normalized spacial score (nSPS) is 12.5. The topological polar surface area (TPSA) is 26.0 Å². The Labute approximate surface area is 180 Å². The Bertz CT molecular complexity index is 1410. The van der Waals surface area contributed by atoms with E-state index in [4.69, 9.17) is 9.40 Å². The second kappa shape index (κ2) is 6.99. The molecule has 0 saturated heterocycles. The monoisotopic (exact) mass is 455 g/mol.